The summed E-state index contributed by atoms with van der Waals surface area (Å²) in [5.74, 6) is -0.281. The Kier molecular flexibility index (Phi) is 6.80. The number of methoxy groups -OCH3 is 1. The zero-order valence-electron chi connectivity index (χ0n) is 11.6. The molecule has 0 bridgehead atoms. The number of aliphatic hydroxyl groups excluding tert-OH is 1. The molecule has 0 aliphatic heterocycles. The third-order valence-corrected chi connectivity index (χ3v) is 3.40. The fourth-order valence-electron chi connectivity index (χ4n) is 2.46. The van der Waals surface area contributed by atoms with Crippen molar-refractivity contribution in [1.82, 2.24) is 10.6 Å². The lowest BCUT2D eigenvalue weighted by Gasteiger charge is -2.26. The zero-order chi connectivity index (χ0) is 14.3. The minimum atomic E-state index is -0.656. The summed E-state index contributed by atoms with van der Waals surface area (Å²) in [6.45, 7) is 2.45. The van der Waals surface area contributed by atoms with Gasteiger partial charge in [0.1, 0.15) is 6.04 Å². The largest absolute Gasteiger partial charge is 0.467 e. The molecule has 1 rings (SSSR count). The van der Waals surface area contributed by atoms with Crippen molar-refractivity contribution in [3.63, 3.8) is 0 Å². The Bertz CT molecular complexity index is 309. The molecular formula is C13H24N2O4. The number of esters is 1. The van der Waals surface area contributed by atoms with Crippen molar-refractivity contribution < 1.29 is 19.4 Å². The summed E-state index contributed by atoms with van der Waals surface area (Å²) in [5, 5.41) is 15.3. The van der Waals surface area contributed by atoms with Crippen molar-refractivity contribution in [2.45, 2.75) is 44.8 Å². The van der Waals surface area contributed by atoms with Gasteiger partial charge in [-0.05, 0) is 31.7 Å². The fraction of sp³-hybridized carbons (Fsp3) is 0.846. The molecule has 0 heterocycles. The molecule has 1 fully saturated rings. The van der Waals surface area contributed by atoms with E-state index in [-0.39, 0.29) is 12.0 Å². The molecule has 0 spiro atoms. The van der Waals surface area contributed by atoms with E-state index in [0.29, 0.717) is 12.5 Å². The van der Waals surface area contributed by atoms with E-state index in [9.17, 15) is 14.7 Å². The number of hydrogen-bond acceptors (Lipinski definition) is 5. The zero-order valence-corrected chi connectivity index (χ0v) is 11.6. The first-order valence-electron chi connectivity index (χ1n) is 6.76. The third kappa shape index (κ3) is 6.02. The van der Waals surface area contributed by atoms with Gasteiger partial charge < -0.3 is 20.5 Å². The first kappa shape index (κ1) is 15.9. The van der Waals surface area contributed by atoms with Crippen LogP contribution in [0.25, 0.3) is 0 Å². The van der Waals surface area contributed by atoms with Crippen LogP contribution in [0.3, 0.4) is 0 Å². The van der Waals surface area contributed by atoms with Crippen LogP contribution in [0.15, 0.2) is 0 Å². The van der Waals surface area contributed by atoms with Gasteiger partial charge >= 0.3 is 5.97 Å². The number of aliphatic hydroxyl groups is 1. The Morgan fingerprint density at radius 3 is 2.74 bits per heavy atom. The molecular weight excluding hydrogens is 248 g/mol. The summed E-state index contributed by atoms with van der Waals surface area (Å²) in [4.78, 5) is 22.5. The molecule has 1 aliphatic rings. The molecule has 1 amide bonds. The molecule has 1 aliphatic carbocycles. The van der Waals surface area contributed by atoms with E-state index in [1.165, 1.54) is 14.0 Å². The molecule has 3 unspecified atom stereocenters. The van der Waals surface area contributed by atoms with E-state index in [2.05, 4.69) is 15.4 Å². The van der Waals surface area contributed by atoms with E-state index in [4.69, 9.17) is 0 Å². The quantitative estimate of drug-likeness (QED) is 0.583. The number of carbonyl (C=O) groups excluding carboxylic acids is 2. The highest BCUT2D eigenvalue weighted by molar-refractivity contribution is 5.83. The van der Waals surface area contributed by atoms with Gasteiger partial charge in [0.05, 0.1) is 13.2 Å². The van der Waals surface area contributed by atoms with Crippen LogP contribution in [0, 0.1) is 5.92 Å². The van der Waals surface area contributed by atoms with Gasteiger partial charge in [-0.15, -0.1) is 0 Å². The maximum Gasteiger partial charge on any atom is 0.329 e. The van der Waals surface area contributed by atoms with Gasteiger partial charge in [-0.25, -0.2) is 4.79 Å². The fourth-order valence-corrected chi connectivity index (χ4v) is 2.46. The highest BCUT2D eigenvalue weighted by Gasteiger charge is 2.22. The van der Waals surface area contributed by atoms with E-state index in [1.54, 1.807) is 0 Å². The molecule has 0 saturated heterocycles. The molecule has 0 aromatic heterocycles. The average Bonchev–Trinajstić information content (AvgIpc) is 2.36. The lowest BCUT2D eigenvalue weighted by molar-refractivity contribution is -0.144. The summed E-state index contributed by atoms with van der Waals surface area (Å²) in [7, 11) is 1.30. The third-order valence-electron chi connectivity index (χ3n) is 3.40. The lowest BCUT2D eigenvalue weighted by Crippen LogP contribution is -2.48. The SMILES string of the molecule is COC(=O)C(CNCC1CCCC(O)C1)NC(C)=O. The smallest absolute Gasteiger partial charge is 0.329 e. The molecule has 3 N–H and O–H groups in total. The predicted octanol–water partition coefficient (Wildman–Crippen LogP) is -0.195. The van der Waals surface area contributed by atoms with Crippen molar-refractivity contribution in [2.24, 2.45) is 5.92 Å². The second kappa shape index (κ2) is 8.12. The van der Waals surface area contributed by atoms with Gasteiger partial charge in [-0.1, -0.05) is 6.42 Å². The van der Waals surface area contributed by atoms with Crippen LogP contribution in [0.1, 0.15) is 32.6 Å². The van der Waals surface area contributed by atoms with Gasteiger partial charge in [0.15, 0.2) is 0 Å². The maximum atomic E-state index is 11.5. The molecule has 6 nitrogen and oxygen atoms in total. The van der Waals surface area contributed by atoms with E-state index >= 15 is 0 Å². The van der Waals surface area contributed by atoms with Gasteiger partial charge in [0, 0.05) is 13.5 Å². The van der Waals surface area contributed by atoms with Crippen molar-refractivity contribution in [3.8, 4) is 0 Å². The second-order valence-corrected chi connectivity index (χ2v) is 5.12. The van der Waals surface area contributed by atoms with E-state index in [1.807, 2.05) is 0 Å². The minimum absolute atomic E-state index is 0.202. The molecule has 0 aromatic carbocycles. The van der Waals surface area contributed by atoms with Gasteiger partial charge in [0.25, 0.3) is 0 Å². The summed E-state index contributed by atoms with van der Waals surface area (Å²) in [6.07, 6.45) is 3.61. The standard InChI is InChI=1S/C13H24N2O4/c1-9(16)15-12(13(18)19-2)8-14-7-10-4-3-5-11(17)6-10/h10-12,14,17H,3-8H2,1-2H3,(H,15,16). The van der Waals surface area contributed by atoms with Crippen LogP contribution >= 0.6 is 0 Å². The van der Waals surface area contributed by atoms with Gasteiger partial charge in [-0.3, -0.25) is 4.79 Å². The number of amides is 1. The van der Waals surface area contributed by atoms with Crippen LogP contribution < -0.4 is 10.6 Å². The Morgan fingerprint density at radius 2 is 2.16 bits per heavy atom. The van der Waals surface area contributed by atoms with Crippen molar-refractivity contribution >= 4 is 11.9 Å². The minimum Gasteiger partial charge on any atom is -0.467 e. The molecule has 1 saturated carbocycles. The van der Waals surface area contributed by atoms with Crippen molar-refractivity contribution in [1.29, 1.82) is 0 Å². The predicted molar refractivity (Wildman–Crippen MR) is 70.5 cm³/mol. The van der Waals surface area contributed by atoms with Crippen LogP contribution in [0.2, 0.25) is 0 Å². The summed E-state index contributed by atoms with van der Waals surface area (Å²) >= 11 is 0. The van der Waals surface area contributed by atoms with E-state index < -0.39 is 12.0 Å². The number of nitrogens with one attached hydrogen (secondary N) is 2. The normalized spacial score (nSPS) is 24.6. The Hall–Kier alpha value is -1.14. The summed E-state index contributed by atoms with van der Waals surface area (Å²) in [5.41, 5.74) is 0. The average molecular weight is 272 g/mol. The van der Waals surface area contributed by atoms with Crippen LogP contribution in [0.5, 0.6) is 0 Å². The first-order chi connectivity index (χ1) is 9.02. The molecule has 6 heteroatoms. The number of rotatable bonds is 6. The second-order valence-electron chi connectivity index (χ2n) is 5.12. The van der Waals surface area contributed by atoms with Crippen LogP contribution in [0.4, 0.5) is 0 Å². The number of carbonyl (C=O) groups is 2. The number of ether oxygens (including phenoxy) is 1. The highest BCUT2D eigenvalue weighted by atomic mass is 16.5. The van der Waals surface area contributed by atoms with Crippen molar-refractivity contribution in [3.05, 3.63) is 0 Å². The molecule has 0 aromatic rings. The first-order valence-corrected chi connectivity index (χ1v) is 6.76. The Morgan fingerprint density at radius 1 is 1.42 bits per heavy atom. The monoisotopic (exact) mass is 272 g/mol. The lowest BCUT2D eigenvalue weighted by atomic mass is 9.87. The summed E-state index contributed by atoms with van der Waals surface area (Å²) < 4.78 is 4.64. The number of hydrogen-bond donors (Lipinski definition) is 3. The van der Waals surface area contributed by atoms with Gasteiger partial charge in [-0.2, -0.15) is 0 Å². The van der Waals surface area contributed by atoms with Gasteiger partial charge in [0.2, 0.25) is 5.91 Å². The van der Waals surface area contributed by atoms with Crippen LogP contribution in [-0.4, -0.2) is 49.3 Å². The topological polar surface area (TPSA) is 87.7 Å². The van der Waals surface area contributed by atoms with Crippen molar-refractivity contribution in [2.75, 3.05) is 20.2 Å². The maximum absolute atomic E-state index is 11.5. The molecule has 0 radical (unpaired) electrons. The molecule has 19 heavy (non-hydrogen) atoms. The van der Waals surface area contributed by atoms with E-state index in [0.717, 1.165) is 32.2 Å². The Labute approximate surface area is 113 Å². The molecule has 3 atom stereocenters. The summed E-state index contributed by atoms with van der Waals surface area (Å²) in [6, 6.07) is -0.656. The molecule has 110 valence electrons. The Balaban J connectivity index is 2.30. The highest BCUT2D eigenvalue weighted by Crippen LogP contribution is 2.23. The van der Waals surface area contributed by atoms with Crippen LogP contribution in [-0.2, 0) is 14.3 Å².